The van der Waals surface area contributed by atoms with Crippen molar-refractivity contribution < 1.29 is 14.3 Å². The first-order valence-corrected chi connectivity index (χ1v) is 7.44. The zero-order valence-electron chi connectivity index (χ0n) is 11.3. The van der Waals surface area contributed by atoms with Gasteiger partial charge in [0.05, 0.1) is 13.1 Å². The average molecular weight is 283 g/mol. The SMILES string of the molecule is C[C@H]1O[C@](O)(c2ccc(Cl)cc2)C[N+]12CCCCC2. The Morgan fingerprint density at radius 3 is 2.47 bits per heavy atom. The largest absolute Gasteiger partial charge is 0.357 e. The number of nitrogens with zero attached hydrogens (tertiary/aromatic N) is 1. The Bertz CT molecular complexity index is 456. The third-order valence-corrected chi connectivity index (χ3v) is 4.92. The summed E-state index contributed by atoms with van der Waals surface area (Å²) in [6, 6.07) is 7.34. The lowest BCUT2D eigenvalue weighted by Crippen LogP contribution is -2.54. The van der Waals surface area contributed by atoms with Crippen molar-refractivity contribution in [1.82, 2.24) is 0 Å². The summed E-state index contributed by atoms with van der Waals surface area (Å²) < 4.78 is 6.84. The summed E-state index contributed by atoms with van der Waals surface area (Å²) in [4.78, 5) is 0. The van der Waals surface area contributed by atoms with E-state index in [1.807, 2.05) is 24.3 Å². The van der Waals surface area contributed by atoms with Crippen molar-refractivity contribution in [2.75, 3.05) is 19.6 Å². The third-order valence-electron chi connectivity index (χ3n) is 4.67. The molecule has 0 bridgehead atoms. The summed E-state index contributed by atoms with van der Waals surface area (Å²) >= 11 is 5.91. The number of quaternary nitrogens is 1. The van der Waals surface area contributed by atoms with E-state index in [0.717, 1.165) is 23.1 Å². The first-order valence-electron chi connectivity index (χ1n) is 7.06. The zero-order valence-corrected chi connectivity index (χ0v) is 12.1. The van der Waals surface area contributed by atoms with Crippen LogP contribution in [0.15, 0.2) is 24.3 Å². The molecule has 1 N–H and O–H groups in total. The van der Waals surface area contributed by atoms with Gasteiger partial charge in [-0.3, -0.25) is 9.22 Å². The van der Waals surface area contributed by atoms with Crippen LogP contribution in [0.4, 0.5) is 0 Å². The lowest BCUT2D eigenvalue weighted by atomic mass is 10.0. The number of ether oxygens (including phenoxy) is 1. The molecule has 2 atom stereocenters. The van der Waals surface area contributed by atoms with Gasteiger partial charge in [0, 0.05) is 17.5 Å². The lowest BCUT2D eigenvalue weighted by Gasteiger charge is -2.39. The van der Waals surface area contributed by atoms with Crippen molar-refractivity contribution >= 4 is 11.6 Å². The van der Waals surface area contributed by atoms with Gasteiger partial charge in [-0.2, -0.15) is 0 Å². The van der Waals surface area contributed by atoms with Crippen molar-refractivity contribution in [2.45, 2.75) is 38.2 Å². The van der Waals surface area contributed by atoms with Gasteiger partial charge < -0.3 is 5.11 Å². The van der Waals surface area contributed by atoms with Crippen molar-refractivity contribution in [1.29, 1.82) is 0 Å². The normalized spacial score (nSPS) is 33.7. The first-order chi connectivity index (χ1) is 9.04. The number of rotatable bonds is 1. The predicted molar refractivity (Wildman–Crippen MR) is 74.6 cm³/mol. The molecule has 2 aliphatic rings. The van der Waals surface area contributed by atoms with Gasteiger partial charge in [0.25, 0.3) is 0 Å². The molecule has 0 saturated carbocycles. The van der Waals surface area contributed by atoms with Crippen LogP contribution in [0.2, 0.25) is 5.02 Å². The molecule has 0 unspecified atom stereocenters. The maximum absolute atomic E-state index is 10.9. The smallest absolute Gasteiger partial charge is 0.248 e. The monoisotopic (exact) mass is 282 g/mol. The van der Waals surface area contributed by atoms with E-state index in [0.29, 0.717) is 11.6 Å². The number of piperidine rings is 1. The summed E-state index contributed by atoms with van der Waals surface area (Å²) in [7, 11) is 0. The van der Waals surface area contributed by atoms with Gasteiger partial charge in [-0.15, -0.1) is 0 Å². The zero-order chi connectivity index (χ0) is 13.5. The van der Waals surface area contributed by atoms with E-state index in [2.05, 4.69) is 6.92 Å². The fraction of sp³-hybridized carbons (Fsp3) is 0.600. The number of aliphatic hydroxyl groups is 1. The average Bonchev–Trinajstić information content (AvgIpc) is 2.63. The quantitative estimate of drug-likeness (QED) is 0.803. The number of hydrogen-bond acceptors (Lipinski definition) is 2. The summed E-state index contributed by atoms with van der Waals surface area (Å²) in [6.45, 7) is 4.95. The fourth-order valence-corrected chi connectivity index (χ4v) is 3.65. The van der Waals surface area contributed by atoms with E-state index in [-0.39, 0.29) is 6.23 Å². The second kappa shape index (κ2) is 4.74. The fourth-order valence-electron chi connectivity index (χ4n) is 3.52. The van der Waals surface area contributed by atoms with Crippen LogP contribution in [0, 0.1) is 0 Å². The minimum Gasteiger partial charge on any atom is -0.357 e. The minimum atomic E-state index is -1.17. The Labute approximate surface area is 119 Å². The topological polar surface area (TPSA) is 29.5 Å². The maximum atomic E-state index is 10.9. The van der Waals surface area contributed by atoms with Crippen LogP contribution >= 0.6 is 11.6 Å². The van der Waals surface area contributed by atoms with Gasteiger partial charge in [0.2, 0.25) is 5.79 Å². The molecule has 1 aromatic rings. The molecule has 2 aliphatic heterocycles. The Morgan fingerprint density at radius 1 is 1.21 bits per heavy atom. The van der Waals surface area contributed by atoms with Crippen molar-refractivity contribution in [3.8, 4) is 0 Å². The molecule has 2 saturated heterocycles. The van der Waals surface area contributed by atoms with E-state index in [1.54, 1.807) is 0 Å². The molecular weight excluding hydrogens is 262 g/mol. The molecule has 2 heterocycles. The molecule has 0 aliphatic carbocycles. The van der Waals surface area contributed by atoms with Gasteiger partial charge in [-0.1, -0.05) is 23.7 Å². The van der Waals surface area contributed by atoms with Crippen LogP contribution in [0.25, 0.3) is 0 Å². The Kier molecular flexibility index (Phi) is 3.34. The standard InChI is InChI=1S/C15H21ClNO2/c1-12-17(9-3-2-4-10-17)11-15(18,19-12)13-5-7-14(16)8-6-13/h5-8,12,18H,2-4,9-11H2,1H3/q+1/t12-,15+/m1/s1. The van der Waals surface area contributed by atoms with Gasteiger partial charge in [0.15, 0.2) is 6.23 Å². The summed E-state index contributed by atoms with van der Waals surface area (Å²) in [5.74, 6) is -1.17. The van der Waals surface area contributed by atoms with E-state index >= 15 is 0 Å². The van der Waals surface area contributed by atoms with Crippen LogP contribution < -0.4 is 0 Å². The molecule has 19 heavy (non-hydrogen) atoms. The molecule has 1 spiro atoms. The van der Waals surface area contributed by atoms with Crippen molar-refractivity contribution in [3.05, 3.63) is 34.9 Å². The maximum Gasteiger partial charge on any atom is 0.248 e. The minimum absolute atomic E-state index is 0.0565. The van der Waals surface area contributed by atoms with E-state index < -0.39 is 5.79 Å². The molecule has 0 amide bonds. The third kappa shape index (κ3) is 2.29. The summed E-state index contributed by atoms with van der Waals surface area (Å²) in [6.07, 6.45) is 3.81. The summed E-state index contributed by atoms with van der Waals surface area (Å²) in [5.41, 5.74) is 0.810. The number of halogens is 1. The molecule has 3 nitrogen and oxygen atoms in total. The molecule has 1 aromatic carbocycles. The Balaban J connectivity index is 1.88. The number of benzene rings is 1. The highest BCUT2D eigenvalue weighted by Crippen LogP contribution is 2.40. The van der Waals surface area contributed by atoms with Gasteiger partial charge in [-0.25, -0.2) is 0 Å². The molecule has 104 valence electrons. The van der Waals surface area contributed by atoms with E-state index in [1.165, 1.54) is 19.3 Å². The highest BCUT2D eigenvalue weighted by Gasteiger charge is 2.54. The first kappa shape index (κ1) is 13.4. The highest BCUT2D eigenvalue weighted by molar-refractivity contribution is 6.30. The second-order valence-corrected chi connectivity index (χ2v) is 6.33. The van der Waals surface area contributed by atoms with Crippen molar-refractivity contribution in [3.63, 3.8) is 0 Å². The van der Waals surface area contributed by atoms with Gasteiger partial charge in [-0.05, 0) is 31.4 Å². The number of hydrogen-bond donors (Lipinski definition) is 1. The van der Waals surface area contributed by atoms with Crippen LogP contribution in [0.5, 0.6) is 0 Å². The van der Waals surface area contributed by atoms with Crippen LogP contribution in [0.1, 0.15) is 31.7 Å². The molecule has 2 fully saturated rings. The Hall–Kier alpha value is -0.610. The Morgan fingerprint density at radius 2 is 1.84 bits per heavy atom. The van der Waals surface area contributed by atoms with Crippen molar-refractivity contribution in [2.24, 2.45) is 0 Å². The molecule has 0 radical (unpaired) electrons. The lowest BCUT2D eigenvalue weighted by molar-refractivity contribution is -0.953. The molecule has 0 aromatic heterocycles. The molecular formula is C15H21ClNO2+. The van der Waals surface area contributed by atoms with Gasteiger partial charge >= 0.3 is 0 Å². The van der Waals surface area contributed by atoms with Crippen LogP contribution in [-0.4, -0.2) is 35.5 Å². The van der Waals surface area contributed by atoms with E-state index in [9.17, 15) is 5.11 Å². The molecule has 4 heteroatoms. The highest BCUT2D eigenvalue weighted by atomic mass is 35.5. The predicted octanol–water partition coefficient (Wildman–Crippen LogP) is 2.86. The second-order valence-electron chi connectivity index (χ2n) is 5.89. The van der Waals surface area contributed by atoms with Gasteiger partial charge in [0.1, 0.15) is 6.54 Å². The summed E-state index contributed by atoms with van der Waals surface area (Å²) in [5, 5.41) is 11.5. The van der Waals surface area contributed by atoms with E-state index in [4.69, 9.17) is 16.3 Å². The van der Waals surface area contributed by atoms with Crippen LogP contribution in [0.3, 0.4) is 0 Å². The van der Waals surface area contributed by atoms with Crippen LogP contribution in [-0.2, 0) is 10.5 Å². The molecule has 3 rings (SSSR count).